The third kappa shape index (κ3) is 6.79. The van der Waals surface area contributed by atoms with Crippen LogP contribution in [0.25, 0.3) is 0 Å². The summed E-state index contributed by atoms with van der Waals surface area (Å²) in [4.78, 5) is 12.5. The summed E-state index contributed by atoms with van der Waals surface area (Å²) in [7, 11) is 1.69. The largest absolute Gasteiger partial charge is 0.384 e. The monoisotopic (exact) mass is 298 g/mol. The van der Waals surface area contributed by atoms with Gasteiger partial charge in [0.2, 0.25) is 5.91 Å². The van der Waals surface area contributed by atoms with Crippen molar-refractivity contribution in [3.05, 3.63) is 0 Å². The van der Waals surface area contributed by atoms with Crippen molar-refractivity contribution in [2.75, 3.05) is 33.4 Å². The minimum atomic E-state index is -0.308. The van der Waals surface area contributed by atoms with Gasteiger partial charge in [0, 0.05) is 13.7 Å². The van der Waals surface area contributed by atoms with E-state index in [1.165, 1.54) is 25.7 Å². The molecule has 4 heteroatoms. The molecule has 0 aromatic rings. The van der Waals surface area contributed by atoms with Crippen molar-refractivity contribution in [3.8, 4) is 0 Å². The van der Waals surface area contributed by atoms with Gasteiger partial charge >= 0.3 is 0 Å². The molecule has 0 radical (unpaired) electrons. The summed E-state index contributed by atoms with van der Waals surface area (Å²) < 4.78 is 5.30. The number of hydrogen-bond acceptors (Lipinski definition) is 3. The zero-order valence-corrected chi connectivity index (χ0v) is 14.2. The maximum atomic E-state index is 12.5. The summed E-state index contributed by atoms with van der Waals surface area (Å²) in [5, 5.41) is 6.45. The first-order valence-corrected chi connectivity index (χ1v) is 8.59. The molecule has 0 aliphatic carbocycles. The summed E-state index contributed by atoms with van der Waals surface area (Å²) in [6, 6.07) is 0. The van der Waals surface area contributed by atoms with E-state index < -0.39 is 0 Å². The summed E-state index contributed by atoms with van der Waals surface area (Å²) in [6.07, 6.45) is 7.96. The number of carbonyl (C=O) groups is 1. The Labute approximate surface area is 130 Å². The van der Waals surface area contributed by atoms with Crippen LogP contribution in [0.2, 0.25) is 0 Å². The van der Waals surface area contributed by atoms with Crippen LogP contribution in [-0.4, -0.2) is 39.3 Å². The fraction of sp³-hybridized carbons (Fsp3) is 0.941. The standard InChI is InChI=1S/C17H34N2O2/c1-15(2)8-6-4-5-7-11-19-16(20)17(14-21-3)9-12-18-13-10-17/h15,18H,4-14H2,1-3H3,(H,19,20). The topological polar surface area (TPSA) is 50.4 Å². The van der Waals surface area contributed by atoms with Gasteiger partial charge in [0.1, 0.15) is 0 Å². The average Bonchev–Trinajstić information content (AvgIpc) is 2.47. The number of nitrogens with one attached hydrogen (secondary N) is 2. The van der Waals surface area contributed by atoms with E-state index in [1.54, 1.807) is 7.11 Å². The van der Waals surface area contributed by atoms with E-state index in [0.29, 0.717) is 6.61 Å². The highest BCUT2D eigenvalue weighted by Gasteiger charge is 2.39. The van der Waals surface area contributed by atoms with Crippen molar-refractivity contribution in [2.24, 2.45) is 11.3 Å². The molecule has 0 spiro atoms. The maximum absolute atomic E-state index is 12.5. The number of hydrogen-bond donors (Lipinski definition) is 2. The Bertz CT molecular complexity index is 281. The van der Waals surface area contributed by atoms with Gasteiger partial charge in [0.15, 0.2) is 0 Å². The van der Waals surface area contributed by atoms with Gasteiger partial charge in [-0.25, -0.2) is 0 Å². The quantitative estimate of drug-likeness (QED) is 0.610. The SMILES string of the molecule is COCC1(C(=O)NCCCCCCC(C)C)CCNCC1. The molecule has 0 saturated carbocycles. The molecule has 4 nitrogen and oxygen atoms in total. The number of methoxy groups -OCH3 is 1. The Kier molecular flexibility index (Phi) is 8.93. The molecule has 1 heterocycles. The molecule has 1 aliphatic heterocycles. The molecule has 1 amide bonds. The zero-order chi connectivity index (χ0) is 15.6. The van der Waals surface area contributed by atoms with Gasteiger partial charge in [0.25, 0.3) is 0 Å². The van der Waals surface area contributed by atoms with Gasteiger partial charge in [-0.3, -0.25) is 4.79 Å². The van der Waals surface area contributed by atoms with Crippen LogP contribution >= 0.6 is 0 Å². The van der Waals surface area contributed by atoms with Crippen LogP contribution in [0.5, 0.6) is 0 Å². The van der Waals surface area contributed by atoms with Crippen LogP contribution in [-0.2, 0) is 9.53 Å². The van der Waals surface area contributed by atoms with Crippen LogP contribution in [0.3, 0.4) is 0 Å². The van der Waals surface area contributed by atoms with Crippen molar-refractivity contribution < 1.29 is 9.53 Å². The van der Waals surface area contributed by atoms with E-state index in [9.17, 15) is 4.79 Å². The second-order valence-electron chi connectivity index (χ2n) is 6.82. The van der Waals surface area contributed by atoms with E-state index in [4.69, 9.17) is 4.74 Å². The van der Waals surface area contributed by atoms with Crippen molar-refractivity contribution in [1.82, 2.24) is 10.6 Å². The molecule has 0 bridgehead atoms. The highest BCUT2D eigenvalue weighted by molar-refractivity contribution is 5.82. The first kappa shape index (κ1) is 18.4. The maximum Gasteiger partial charge on any atom is 0.228 e. The molecule has 2 N–H and O–H groups in total. The Balaban J connectivity index is 2.19. The molecule has 1 saturated heterocycles. The molecule has 0 aromatic heterocycles. The van der Waals surface area contributed by atoms with Crippen LogP contribution in [0, 0.1) is 11.3 Å². The Morgan fingerprint density at radius 2 is 1.86 bits per heavy atom. The second kappa shape index (κ2) is 10.2. The molecule has 21 heavy (non-hydrogen) atoms. The van der Waals surface area contributed by atoms with E-state index >= 15 is 0 Å². The molecule has 0 aromatic carbocycles. The lowest BCUT2D eigenvalue weighted by Crippen LogP contribution is -2.50. The summed E-state index contributed by atoms with van der Waals surface area (Å²) in [6.45, 7) is 7.70. The first-order chi connectivity index (χ1) is 10.1. The summed E-state index contributed by atoms with van der Waals surface area (Å²) >= 11 is 0. The second-order valence-corrected chi connectivity index (χ2v) is 6.82. The predicted octanol–water partition coefficient (Wildman–Crippen LogP) is 2.73. The van der Waals surface area contributed by atoms with Gasteiger partial charge in [-0.2, -0.15) is 0 Å². The highest BCUT2D eigenvalue weighted by Crippen LogP contribution is 2.29. The normalized spacial score (nSPS) is 17.9. The number of rotatable bonds is 10. The smallest absolute Gasteiger partial charge is 0.228 e. The number of carbonyl (C=O) groups excluding carboxylic acids is 1. The van der Waals surface area contributed by atoms with E-state index in [0.717, 1.165) is 44.8 Å². The molecular formula is C17H34N2O2. The predicted molar refractivity (Wildman–Crippen MR) is 87.3 cm³/mol. The van der Waals surface area contributed by atoms with E-state index in [-0.39, 0.29) is 11.3 Å². The molecule has 124 valence electrons. The fourth-order valence-corrected chi connectivity index (χ4v) is 3.04. The van der Waals surface area contributed by atoms with Crippen LogP contribution < -0.4 is 10.6 Å². The number of ether oxygens (including phenoxy) is 1. The number of amides is 1. The fourth-order valence-electron chi connectivity index (χ4n) is 3.04. The molecule has 1 fully saturated rings. The molecule has 0 unspecified atom stereocenters. The van der Waals surface area contributed by atoms with Crippen molar-refractivity contribution in [2.45, 2.75) is 58.8 Å². The first-order valence-electron chi connectivity index (χ1n) is 8.59. The van der Waals surface area contributed by atoms with E-state index in [2.05, 4.69) is 24.5 Å². The number of unbranched alkanes of at least 4 members (excludes halogenated alkanes) is 3. The lowest BCUT2D eigenvalue weighted by Gasteiger charge is -2.35. The van der Waals surface area contributed by atoms with Crippen molar-refractivity contribution in [3.63, 3.8) is 0 Å². The number of piperidine rings is 1. The Morgan fingerprint density at radius 3 is 2.48 bits per heavy atom. The zero-order valence-electron chi connectivity index (χ0n) is 14.2. The molecule has 1 aliphatic rings. The lowest BCUT2D eigenvalue weighted by molar-refractivity contribution is -0.136. The molecule has 0 atom stereocenters. The summed E-state index contributed by atoms with van der Waals surface area (Å²) in [5.74, 6) is 0.992. The minimum Gasteiger partial charge on any atom is -0.384 e. The van der Waals surface area contributed by atoms with Crippen molar-refractivity contribution >= 4 is 5.91 Å². The van der Waals surface area contributed by atoms with E-state index in [1.807, 2.05) is 0 Å². The molecule has 1 rings (SSSR count). The van der Waals surface area contributed by atoms with Gasteiger partial charge in [-0.05, 0) is 38.3 Å². The van der Waals surface area contributed by atoms with Crippen LogP contribution in [0.4, 0.5) is 0 Å². The third-order valence-electron chi connectivity index (χ3n) is 4.46. The van der Waals surface area contributed by atoms with Crippen LogP contribution in [0.15, 0.2) is 0 Å². The third-order valence-corrected chi connectivity index (χ3v) is 4.46. The van der Waals surface area contributed by atoms with Gasteiger partial charge in [-0.15, -0.1) is 0 Å². The van der Waals surface area contributed by atoms with Crippen LogP contribution in [0.1, 0.15) is 58.8 Å². The highest BCUT2D eigenvalue weighted by atomic mass is 16.5. The van der Waals surface area contributed by atoms with Crippen molar-refractivity contribution in [1.29, 1.82) is 0 Å². The lowest BCUT2D eigenvalue weighted by atomic mass is 9.78. The minimum absolute atomic E-state index is 0.188. The molecular weight excluding hydrogens is 264 g/mol. The Hall–Kier alpha value is -0.610. The van der Waals surface area contributed by atoms with Gasteiger partial charge in [0.05, 0.1) is 12.0 Å². The Morgan fingerprint density at radius 1 is 1.19 bits per heavy atom. The summed E-state index contributed by atoms with van der Waals surface area (Å²) in [5.41, 5.74) is -0.308. The van der Waals surface area contributed by atoms with Gasteiger partial charge in [-0.1, -0.05) is 39.5 Å². The average molecular weight is 298 g/mol. The van der Waals surface area contributed by atoms with Gasteiger partial charge < -0.3 is 15.4 Å².